The second kappa shape index (κ2) is 4.21. The van der Waals surface area contributed by atoms with Gasteiger partial charge < -0.3 is 11.1 Å². The standard InChI is InChI=1S/C12H16N2S/c1-8(2)14-6-9-7-15-12-4-3-10(13)5-11(9)12/h3-5,7-8,14H,6,13H2,1-2H3. The molecule has 0 radical (unpaired) electrons. The van der Waals surface area contributed by atoms with Crippen LogP contribution in [0.4, 0.5) is 5.69 Å². The van der Waals surface area contributed by atoms with E-state index in [0.29, 0.717) is 6.04 Å². The third-order valence-electron chi connectivity index (χ3n) is 2.38. The molecule has 0 aliphatic carbocycles. The second-order valence-corrected chi connectivity index (χ2v) is 4.96. The molecule has 0 fully saturated rings. The molecule has 1 aromatic carbocycles. The van der Waals surface area contributed by atoms with E-state index in [4.69, 9.17) is 5.73 Å². The zero-order chi connectivity index (χ0) is 10.8. The van der Waals surface area contributed by atoms with Gasteiger partial charge in [0, 0.05) is 23.0 Å². The van der Waals surface area contributed by atoms with Crippen LogP contribution in [0.2, 0.25) is 0 Å². The predicted molar refractivity (Wildman–Crippen MR) is 68.2 cm³/mol. The van der Waals surface area contributed by atoms with Gasteiger partial charge in [-0.1, -0.05) is 13.8 Å². The fourth-order valence-electron chi connectivity index (χ4n) is 1.55. The number of nitrogens with two attached hydrogens (primary N) is 1. The quantitative estimate of drug-likeness (QED) is 0.780. The summed E-state index contributed by atoms with van der Waals surface area (Å²) in [5, 5.41) is 6.92. The molecule has 0 amide bonds. The Morgan fingerprint density at radius 3 is 2.93 bits per heavy atom. The van der Waals surface area contributed by atoms with E-state index in [2.05, 4.69) is 36.7 Å². The number of fused-ring (bicyclic) bond motifs is 1. The molecule has 0 saturated heterocycles. The average molecular weight is 220 g/mol. The molecule has 0 aliphatic heterocycles. The maximum absolute atomic E-state index is 5.79. The summed E-state index contributed by atoms with van der Waals surface area (Å²) in [6.07, 6.45) is 0. The van der Waals surface area contributed by atoms with Crippen molar-refractivity contribution in [2.75, 3.05) is 5.73 Å². The fourth-order valence-corrected chi connectivity index (χ4v) is 2.49. The van der Waals surface area contributed by atoms with Crippen molar-refractivity contribution in [1.29, 1.82) is 0 Å². The minimum atomic E-state index is 0.515. The highest BCUT2D eigenvalue weighted by Gasteiger charge is 2.04. The maximum atomic E-state index is 5.79. The summed E-state index contributed by atoms with van der Waals surface area (Å²) in [4.78, 5) is 0. The first-order chi connectivity index (χ1) is 7.16. The third-order valence-corrected chi connectivity index (χ3v) is 3.39. The van der Waals surface area contributed by atoms with Crippen molar-refractivity contribution in [2.24, 2.45) is 0 Å². The Morgan fingerprint density at radius 2 is 2.20 bits per heavy atom. The van der Waals surface area contributed by atoms with E-state index in [1.807, 2.05) is 6.07 Å². The second-order valence-electron chi connectivity index (χ2n) is 4.05. The number of hydrogen-bond donors (Lipinski definition) is 2. The molecule has 1 aromatic heterocycles. The minimum Gasteiger partial charge on any atom is -0.399 e. The van der Waals surface area contributed by atoms with Gasteiger partial charge in [-0.15, -0.1) is 11.3 Å². The van der Waals surface area contributed by atoms with Crippen LogP contribution in [0.1, 0.15) is 19.4 Å². The molecular formula is C12H16N2S. The van der Waals surface area contributed by atoms with E-state index in [9.17, 15) is 0 Å². The largest absolute Gasteiger partial charge is 0.399 e. The summed E-state index contributed by atoms with van der Waals surface area (Å²) >= 11 is 1.78. The Labute approximate surface area is 94.1 Å². The van der Waals surface area contributed by atoms with Gasteiger partial charge in [0.15, 0.2) is 0 Å². The smallest absolute Gasteiger partial charge is 0.0347 e. The van der Waals surface area contributed by atoms with E-state index < -0.39 is 0 Å². The third kappa shape index (κ3) is 2.30. The molecule has 15 heavy (non-hydrogen) atoms. The van der Waals surface area contributed by atoms with Crippen molar-refractivity contribution < 1.29 is 0 Å². The van der Waals surface area contributed by atoms with Crippen LogP contribution in [0.25, 0.3) is 10.1 Å². The van der Waals surface area contributed by atoms with Crippen LogP contribution in [0.3, 0.4) is 0 Å². The van der Waals surface area contributed by atoms with Gasteiger partial charge in [0.05, 0.1) is 0 Å². The molecule has 2 rings (SSSR count). The maximum Gasteiger partial charge on any atom is 0.0347 e. The molecule has 0 bridgehead atoms. The summed E-state index contributed by atoms with van der Waals surface area (Å²) in [6.45, 7) is 5.23. The Balaban J connectivity index is 2.31. The van der Waals surface area contributed by atoms with Gasteiger partial charge in [-0.3, -0.25) is 0 Å². The van der Waals surface area contributed by atoms with Crippen molar-refractivity contribution >= 4 is 27.1 Å². The lowest BCUT2D eigenvalue weighted by molar-refractivity contribution is 0.591. The van der Waals surface area contributed by atoms with Crippen molar-refractivity contribution in [2.45, 2.75) is 26.4 Å². The normalized spacial score (nSPS) is 11.4. The molecule has 80 valence electrons. The lowest BCUT2D eigenvalue weighted by Crippen LogP contribution is -2.21. The summed E-state index contributed by atoms with van der Waals surface area (Å²) < 4.78 is 1.31. The highest BCUT2D eigenvalue weighted by atomic mass is 32.1. The van der Waals surface area contributed by atoms with Crippen LogP contribution >= 0.6 is 11.3 Å². The van der Waals surface area contributed by atoms with Crippen LogP contribution in [-0.2, 0) is 6.54 Å². The van der Waals surface area contributed by atoms with Crippen molar-refractivity contribution in [3.8, 4) is 0 Å². The van der Waals surface area contributed by atoms with Crippen LogP contribution in [-0.4, -0.2) is 6.04 Å². The topological polar surface area (TPSA) is 38.0 Å². The van der Waals surface area contributed by atoms with Gasteiger partial charge >= 0.3 is 0 Å². The molecule has 0 aliphatic rings. The Kier molecular flexibility index (Phi) is 2.93. The van der Waals surface area contributed by atoms with E-state index in [0.717, 1.165) is 12.2 Å². The van der Waals surface area contributed by atoms with Crippen molar-refractivity contribution in [1.82, 2.24) is 5.32 Å². The van der Waals surface area contributed by atoms with E-state index in [-0.39, 0.29) is 0 Å². The van der Waals surface area contributed by atoms with Gasteiger partial charge in [-0.25, -0.2) is 0 Å². The molecule has 2 aromatic rings. The van der Waals surface area contributed by atoms with Gasteiger partial charge in [0.1, 0.15) is 0 Å². The molecule has 0 atom stereocenters. The van der Waals surface area contributed by atoms with Crippen LogP contribution in [0.5, 0.6) is 0 Å². The molecule has 1 heterocycles. The lowest BCUT2D eigenvalue weighted by atomic mass is 10.1. The first-order valence-corrected chi connectivity index (χ1v) is 6.04. The molecule has 3 heteroatoms. The first-order valence-electron chi connectivity index (χ1n) is 5.16. The minimum absolute atomic E-state index is 0.515. The Bertz CT molecular complexity index is 460. The zero-order valence-corrected chi connectivity index (χ0v) is 9.90. The average Bonchev–Trinajstić information content (AvgIpc) is 2.57. The fraction of sp³-hybridized carbons (Fsp3) is 0.333. The number of rotatable bonds is 3. The number of thiophene rings is 1. The summed E-state index contributed by atoms with van der Waals surface area (Å²) in [5.74, 6) is 0. The van der Waals surface area contributed by atoms with E-state index in [1.165, 1.54) is 15.6 Å². The lowest BCUT2D eigenvalue weighted by Gasteiger charge is -2.06. The van der Waals surface area contributed by atoms with Gasteiger partial charge in [-0.2, -0.15) is 0 Å². The summed E-state index contributed by atoms with van der Waals surface area (Å²) in [7, 11) is 0. The number of nitrogen functional groups attached to an aromatic ring is 1. The molecule has 2 nitrogen and oxygen atoms in total. The number of nitrogens with one attached hydrogen (secondary N) is 1. The highest BCUT2D eigenvalue weighted by molar-refractivity contribution is 7.17. The van der Waals surface area contributed by atoms with Gasteiger partial charge in [0.2, 0.25) is 0 Å². The van der Waals surface area contributed by atoms with Gasteiger partial charge in [0.25, 0.3) is 0 Å². The van der Waals surface area contributed by atoms with E-state index >= 15 is 0 Å². The monoisotopic (exact) mass is 220 g/mol. The zero-order valence-electron chi connectivity index (χ0n) is 9.08. The SMILES string of the molecule is CC(C)NCc1csc2ccc(N)cc12. The van der Waals surface area contributed by atoms with Crippen molar-refractivity contribution in [3.63, 3.8) is 0 Å². The number of anilines is 1. The van der Waals surface area contributed by atoms with Crippen LogP contribution in [0, 0.1) is 0 Å². The molecular weight excluding hydrogens is 204 g/mol. The number of benzene rings is 1. The van der Waals surface area contributed by atoms with Crippen LogP contribution < -0.4 is 11.1 Å². The first kappa shape index (κ1) is 10.5. The summed E-state index contributed by atoms with van der Waals surface area (Å²) in [5.41, 5.74) is 7.98. The van der Waals surface area contributed by atoms with Gasteiger partial charge in [-0.05, 0) is 34.5 Å². The Morgan fingerprint density at radius 1 is 1.40 bits per heavy atom. The highest BCUT2D eigenvalue weighted by Crippen LogP contribution is 2.27. The number of hydrogen-bond acceptors (Lipinski definition) is 3. The van der Waals surface area contributed by atoms with Crippen molar-refractivity contribution in [3.05, 3.63) is 29.1 Å². The summed E-state index contributed by atoms with van der Waals surface area (Å²) in [6, 6.07) is 6.62. The predicted octanol–water partition coefficient (Wildman–Crippen LogP) is 2.98. The molecule has 0 unspecified atom stereocenters. The molecule has 3 N–H and O–H groups in total. The Hall–Kier alpha value is -1.06. The molecule has 0 saturated carbocycles. The molecule has 0 spiro atoms. The van der Waals surface area contributed by atoms with Crippen LogP contribution in [0.15, 0.2) is 23.6 Å². The van der Waals surface area contributed by atoms with E-state index in [1.54, 1.807) is 11.3 Å².